The Morgan fingerprint density at radius 2 is 1.33 bits per heavy atom. The fraction of sp³-hybridized carbons (Fsp3) is 0.429. The number of hydrogen-bond donors (Lipinski definition) is 0. The minimum absolute atomic E-state index is 0.194. The molecule has 10 heteroatoms. The Bertz CT molecular complexity index is 554. The average molecular weight is 419 g/mol. The third kappa shape index (κ3) is 9.08. The zero-order chi connectivity index (χ0) is 18.5. The molecule has 0 fully saturated rings. The van der Waals surface area contributed by atoms with E-state index in [4.69, 9.17) is 29.7 Å². The molecular formula is C14H18Cl2FeN3O4. The minimum atomic E-state index is -0.656. The van der Waals surface area contributed by atoms with E-state index >= 15 is 0 Å². The Morgan fingerprint density at radius 3 is 1.62 bits per heavy atom. The topological polar surface area (TPSA) is 91.4 Å². The normalized spacial score (nSPS) is 11.4. The summed E-state index contributed by atoms with van der Waals surface area (Å²) in [5, 5.41) is 0. The molecule has 0 radical (unpaired) electrons. The van der Waals surface area contributed by atoms with Gasteiger partial charge >= 0.3 is 45.5 Å². The van der Waals surface area contributed by atoms with Gasteiger partial charge in [-0.2, -0.15) is 9.98 Å². The third-order valence-electron chi connectivity index (χ3n) is 2.43. The van der Waals surface area contributed by atoms with Crippen molar-refractivity contribution in [3.63, 3.8) is 0 Å². The molecule has 0 atom stereocenters. The Morgan fingerprint density at radius 1 is 1.00 bits per heavy atom. The number of halogens is 2. The summed E-state index contributed by atoms with van der Waals surface area (Å²) in [4.78, 5) is 34.3. The fourth-order valence-electron chi connectivity index (χ4n) is 1.47. The summed E-state index contributed by atoms with van der Waals surface area (Å²) in [5.74, 6) is 0. The molecule has 0 saturated carbocycles. The van der Waals surface area contributed by atoms with Crippen molar-refractivity contribution in [2.45, 2.75) is 27.7 Å². The van der Waals surface area contributed by atoms with E-state index in [1.807, 2.05) is 0 Å². The summed E-state index contributed by atoms with van der Waals surface area (Å²) in [5.41, 5.74) is 1.92. The molecule has 1 rings (SSSR count). The maximum atomic E-state index is 11.3. The SMILES string of the molecule is CCOC(=O)/N=C(\C)c1ccc(/C(C)=N/C(=O)OCC)[n-]1.[Cl][Fe+][Cl]. The monoisotopic (exact) mass is 418 g/mol. The molecule has 0 aliphatic heterocycles. The van der Waals surface area contributed by atoms with Gasteiger partial charge in [-0.25, -0.2) is 9.59 Å². The van der Waals surface area contributed by atoms with Crippen LogP contribution < -0.4 is 4.98 Å². The Hall–Kier alpha value is -1.34. The van der Waals surface area contributed by atoms with Gasteiger partial charge in [-0.15, -0.1) is 11.4 Å². The predicted octanol–water partition coefficient (Wildman–Crippen LogP) is 3.95. The summed E-state index contributed by atoms with van der Waals surface area (Å²) in [6.45, 7) is 7.25. The Labute approximate surface area is 155 Å². The van der Waals surface area contributed by atoms with Gasteiger partial charge in [0, 0.05) is 11.4 Å². The predicted molar refractivity (Wildman–Crippen MR) is 89.9 cm³/mol. The Kier molecular flexibility index (Phi) is 12.3. The molecule has 1 aromatic heterocycles. The Balaban J connectivity index is 0.00000163. The standard InChI is InChI=1S/C14H19N3O4.2ClH.Fe/c1-5-20-13(18)15-9(3)11-7-8-12(17-11)10(4)16-14(19)21-6-2;;;/h7-8H,5-6H2,1-4H3,(H,15,16,17,18,19);2*1H;/q;;;+3/p-3. The van der Waals surface area contributed by atoms with E-state index in [-0.39, 0.29) is 26.3 Å². The molecule has 2 amide bonds. The second kappa shape index (κ2) is 13.0. The summed E-state index contributed by atoms with van der Waals surface area (Å²) in [7, 11) is 9.53. The van der Waals surface area contributed by atoms with Crippen molar-refractivity contribution in [2.24, 2.45) is 9.98 Å². The van der Waals surface area contributed by atoms with E-state index in [0.29, 0.717) is 22.8 Å². The second-order valence-electron chi connectivity index (χ2n) is 4.06. The van der Waals surface area contributed by atoms with Gasteiger partial charge in [0.25, 0.3) is 0 Å². The van der Waals surface area contributed by atoms with E-state index in [1.54, 1.807) is 39.8 Å². The van der Waals surface area contributed by atoms with Crippen LogP contribution in [0.1, 0.15) is 39.1 Å². The zero-order valence-electron chi connectivity index (χ0n) is 13.7. The summed E-state index contributed by atoms with van der Waals surface area (Å²) >= 11 is 0.194. The average Bonchev–Trinajstić information content (AvgIpc) is 2.98. The van der Waals surface area contributed by atoms with Crippen LogP contribution in [-0.2, 0) is 22.6 Å². The zero-order valence-corrected chi connectivity index (χ0v) is 16.3. The number of aromatic nitrogens is 1. The van der Waals surface area contributed by atoms with Gasteiger partial charge < -0.3 is 14.5 Å². The molecule has 0 aliphatic carbocycles. The molecule has 0 saturated heterocycles. The number of carbonyl (C=O) groups excluding carboxylic acids is 2. The molecule has 0 aliphatic rings. The van der Waals surface area contributed by atoms with Gasteiger partial charge in [0.1, 0.15) is 0 Å². The first kappa shape index (κ1) is 22.7. The quantitative estimate of drug-likeness (QED) is 0.545. The number of ether oxygens (including phenoxy) is 2. The van der Waals surface area contributed by atoms with Gasteiger partial charge in [0.2, 0.25) is 0 Å². The van der Waals surface area contributed by atoms with Crippen molar-refractivity contribution < 1.29 is 32.2 Å². The van der Waals surface area contributed by atoms with Crippen LogP contribution in [0.15, 0.2) is 22.1 Å². The van der Waals surface area contributed by atoms with Crippen LogP contribution in [0.25, 0.3) is 0 Å². The van der Waals surface area contributed by atoms with Crippen LogP contribution in [0.5, 0.6) is 0 Å². The van der Waals surface area contributed by atoms with E-state index in [1.165, 1.54) is 0 Å². The van der Waals surface area contributed by atoms with Crippen molar-refractivity contribution >= 4 is 43.8 Å². The molecule has 7 nitrogen and oxygen atoms in total. The van der Waals surface area contributed by atoms with Crippen molar-refractivity contribution in [3.8, 4) is 0 Å². The van der Waals surface area contributed by atoms with Crippen LogP contribution >= 0.6 is 20.2 Å². The van der Waals surface area contributed by atoms with E-state index in [9.17, 15) is 9.59 Å². The molecule has 1 heterocycles. The van der Waals surface area contributed by atoms with Crippen LogP contribution in [0, 0.1) is 0 Å². The molecule has 0 aromatic carbocycles. The first-order valence-electron chi connectivity index (χ1n) is 6.83. The van der Waals surface area contributed by atoms with E-state index < -0.39 is 12.2 Å². The molecule has 0 unspecified atom stereocenters. The van der Waals surface area contributed by atoms with Crippen molar-refractivity contribution in [1.82, 2.24) is 4.98 Å². The summed E-state index contributed by atoms with van der Waals surface area (Å²) < 4.78 is 9.46. The van der Waals surface area contributed by atoms with E-state index in [0.717, 1.165) is 0 Å². The number of rotatable bonds is 4. The molecule has 0 N–H and O–H groups in total. The van der Waals surface area contributed by atoms with Gasteiger partial charge in [-0.1, -0.05) is 12.1 Å². The van der Waals surface area contributed by atoms with Crippen LogP contribution in [0.4, 0.5) is 9.59 Å². The maximum absolute atomic E-state index is 11.3. The van der Waals surface area contributed by atoms with Gasteiger partial charge in [0.05, 0.1) is 13.2 Å². The van der Waals surface area contributed by atoms with Crippen LogP contribution in [0.3, 0.4) is 0 Å². The number of amides is 2. The molecule has 0 spiro atoms. The number of nitrogens with zero attached hydrogens (tertiary/aromatic N) is 3. The number of aliphatic imine (C=N–C) groups is 2. The van der Waals surface area contributed by atoms with Gasteiger partial charge in [-0.05, 0) is 27.7 Å². The number of hydrogen-bond acceptors (Lipinski definition) is 4. The van der Waals surface area contributed by atoms with Gasteiger partial charge in [0.15, 0.2) is 0 Å². The fourth-order valence-corrected chi connectivity index (χ4v) is 1.47. The molecular weight excluding hydrogens is 401 g/mol. The van der Waals surface area contributed by atoms with Crippen molar-refractivity contribution in [2.75, 3.05) is 13.2 Å². The van der Waals surface area contributed by atoms with Crippen LogP contribution in [-0.4, -0.2) is 36.8 Å². The first-order chi connectivity index (χ1) is 11.4. The molecule has 1 aromatic rings. The molecule has 0 bridgehead atoms. The van der Waals surface area contributed by atoms with Crippen molar-refractivity contribution in [3.05, 3.63) is 23.5 Å². The van der Waals surface area contributed by atoms with Gasteiger partial charge in [-0.3, -0.25) is 0 Å². The van der Waals surface area contributed by atoms with Crippen molar-refractivity contribution in [1.29, 1.82) is 0 Å². The second-order valence-corrected chi connectivity index (χ2v) is 5.88. The summed E-state index contributed by atoms with van der Waals surface area (Å²) in [6, 6.07) is 3.38. The van der Waals surface area contributed by atoms with Crippen LogP contribution in [0.2, 0.25) is 0 Å². The third-order valence-corrected chi connectivity index (χ3v) is 2.43. The summed E-state index contributed by atoms with van der Waals surface area (Å²) in [6.07, 6.45) is -1.31. The van der Waals surface area contributed by atoms with E-state index in [2.05, 4.69) is 15.0 Å². The molecule has 24 heavy (non-hydrogen) atoms. The first-order valence-corrected chi connectivity index (χ1v) is 9.87. The number of carbonyl (C=O) groups is 2. The molecule has 135 valence electrons.